The van der Waals surface area contributed by atoms with Crippen molar-refractivity contribution in [2.75, 3.05) is 0 Å². The van der Waals surface area contributed by atoms with Crippen LogP contribution < -0.4 is 22.9 Å². The molecule has 0 bridgehead atoms. The number of carboxylic acids is 6. The van der Waals surface area contributed by atoms with Gasteiger partial charge in [-0.1, -0.05) is 13.8 Å². The second-order valence-electron chi connectivity index (χ2n) is 8.22. The summed E-state index contributed by atoms with van der Waals surface area (Å²) in [7, 11) is 0. The molecule has 4 atom stereocenters. The number of nitrogens with one attached hydrogen (secondary N) is 1. The van der Waals surface area contributed by atoms with Crippen LogP contribution in [0.25, 0.3) is 0 Å². The topological polar surface area (TPSA) is 357 Å². The zero-order chi connectivity index (χ0) is 31.3. The van der Waals surface area contributed by atoms with Gasteiger partial charge in [0, 0.05) is 24.7 Å². The molecule has 18 heteroatoms. The van der Waals surface area contributed by atoms with Crippen LogP contribution in [0.2, 0.25) is 0 Å². The Morgan fingerprint density at radius 2 is 1.21 bits per heavy atom. The molecule has 18 nitrogen and oxygen atoms in total. The molecule has 0 saturated carbocycles. The SMILES string of the molecule is CC(C)C[C@H](N)C(=O)O.N[C@@H](CC(=O)O)C(=O)O.N[C@@H](CCC(=O)O)C(=O)O.N[C@@H](Cc1cnc[nH]1)C(=O)O. The molecule has 1 rings (SSSR count). The predicted octanol–water partition coefficient (Wildman–Crippen LogP) is -2.06. The number of hydrogen-bond acceptors (Lipinski definition) is 11. The van der Waals surface area contributed by atoms with Crippen LogP contribution in [0.15, 0.2) is 12.5 Å². The highest BCUT2D eigenvalue weighted by atomic mass is 16.4. The third-order valence-corrected chi connectivity index (χ3v) is 4.05. The van der Waals surface area contributed by atoms with Gasteiger partial charge in [0.2, 0.25) is 0 Å². The molecule has 0 aromatic carbocycles. The average Bonchev–Trinajstić information content (AvgIpc) is 3.30. The minimum Gasteiger partial charge on any atom is -0.481 e. The highest BCUT2D eigenvalue weighted by Crippen LogP contribution is 2.01. The lowest BCUT2D eigenvalue weighted by molar-refractivity contribution is -0.144. The van der Waals surface area contributed by atoms with Crippen LogP contribution in [-0.4, -0.2) is 101 Å². The van der Waals surface area contributed by atoms with Crippen LogP contribution in [-0.2, 0) is 35.2 Å². The van der Waals surface area contributed by atoms with Gasteiger partial charge in [-0.2, -0.15) is 0 Å². The lowest BCUT2D eigenvalue weighted by Gasteiger charge is -2.07. The molecule has 1 heterocycles. The van der Waals surface area contributed by atoms with E-state index in [1.54, 1.807) is 6.20 Å². The zero-order valence-electron chi connectivity index (χ0n) is 21.5. The summed E-state index contributed by atoms with van der Waals surface area (Å²) in [5.74, 6) is -6.25. The van der Waals surface area contributed by atoms with Crippen molar-refractivity contribution in [2.45, 2.75) is 70.1 Å². The van der Waals surface area contributed by atoms with Gasteiger partial charge >= 0.3 is 35.8 Å². The van der Waals surface area contributed by atoms with Gasteiger partial charge in [-0.25, -0.2) is 4.98 Å². The van der Waals surface area contributed by atoms with Crippen LogP contribution in [0.1, 0.15) is 45.2 Å². The van der Waals surface area contributed by atoms with Gasteiger partial charge in [-0.05, 0) is 18.8 Å². The first kappa shape index (κ1) is 39.4. The maximum atomic E-state index is 10.3. The fourth-order valence-corrected chi connectivity index (χ4v) is 2.01. The van der Waals surface area contributed by atoms with Crippen molar-refractivity contribution in [3.8, 4) is 0 Å². The second kappa shape index (κ2) is 21.9. The summed E-state index contributed by atoms with van der Waals surface area (Å²) in [4.78, 5) is 66.4. The number of nitrogens with zero attached hydrogens (tertiary/aromatic N) is 1. The van der Waals surface area contributed by atoms with Crippen LogP contribution in [0, 0.1) is 5.92 Å². The third kappa shape index (κ3) is 26.7. The summed E-state index contributed by atoms with van der Waals surface area (Å²) in [5.41, 5.74) is 21.1. The Labute approximate surface area is 223 Å². The Morgan fingerprint density at radius 3 is 1.46 bits per heavy atom. The molecule has 0 radical (unpaired) electrons. The fraction of sp³-hybridized carbons (Fsp3) is 0.571. The molecule has 0 aliphatic rings. The normalized spacial score (nSPS) is 12.9. The summed E-state index contributed by atoms with van der Waals surface area (Å²) in [6.45, 7) is 3.89. The number of aliphatic carboxylic acids is 6. The first-order chi connectivity index (χ1) is 17.8. The molecule has 0 aliphatic carbocycles. The predicted molar refractivity (Wildman–Crippen MR) is 133 cm³/mol. The van der Waals surface area contributed by atoms with Crippen molar-refractivity contribution in [3.05, 3.63) is 18.2 Å². The first-order valence-electron chi connectivity index (χ1n) is 11.2. The molecule has 15 N–H and O–H groups in total. The van der Waals surface area contributed by atoms with E-state index in [9.17, 15) is 28.8 Å². The minimum absolute atomic E-state index is 0.0231. The monoisotopic (exact) mass is 566 g/mol. The van der Waals surface area contributed by atoms with E-state index in [4.69, 9.17) is 53.6 Å². The smallest absolute Gasteiger partial charge is 0.321 e. The third-order valence-electron chi connectivity index (χ3n) is 4.05. The Balaban J connectivity index is -0.000000445. The van der Waals surface area contributed by atoms with Crippen LogP contribution in [0.4, 0.5) is 0 Å². The van der Waals surface area contributed by atoms with Crippen molar-refractivity contribution in [3.63, 3.8) is 0 Å². The van der Waals surface area contributed by atoms with Crippen LogP contribution in [0.5, 0.6) is 0 Å². The number of imidazole rings is 1. The first-order valence-corrected chi connectivity index (χ1v) is 11.2. The van der Waals surface area contributed by atoms with Crippen molar-refractivity contribution >= 4 is 35.8 Å². The molecular weight excluding hydrogens is 528 g/mol. The van der Waals surface area contributed by atoms with Crippen LogP contribution in [0.3, 0.4) is 0 Å². The number of nitrogens with two attached hydrogens (primary N) is 4. The number of hydrogen-bond donors (Lipinski definition) is 11. The van der Waals surface area contributed by atoms with Crippen LogP contribution >= 0.6 is 0 Å². The molecule has 0 fully saturated rings. The number of aromatic nitrogens is 2. The molecule has 39 heavy (non-hydrogen) atoms. The van der Waals surface area contributed by atoms with E-state index in [-0.39, 0.29) is 19.3 Å². The van der Waals surface area contributed by atoms with Crippen molar-refractivity contribution in [1.82, 2.24) is 9.97 Å². The summed E-state index contributed by atoms with van der Waals surface area (Å²) >= 11 is 0. The molecule has 0 saturated heterocycles. The van der Waals surface area contributed by atoms with Gasteiger partial charge in [0.15, 0.2) is 0 Å². The molecule has 0 amide bonds. The highest BCUT2D eigenvalue weighted by molar-refractivity contribution is 5.80. The van der Waals surface area contributed by atoms with Gasteiger partial charge in [-0.3, -0.25) is 28.8 Å². The lowest BCUT2D eigenvalue weighted by atomic mass is 10.1. The van der Waals surface area contributed by atoms with E-state index in [0.29, 0.717) is 12.3 Å². The maximum Gasteiger partial charge on any atom is 0.321 e. The van der Waals surface area contributed by atoms with E-state index in [2.05, 4.69) is 9.97 Å². The zero-order valence-corrected chi connectivity index (χ0v) is 21.5. The minimum atomic E-state index is -1.29. The van der Waals surface area contributed by atoms with Crippen molar-refractivity contribution in [2.24, 2.45) is 28.9 Å². The quantitative estimate of drug-likeness (QED) is 0.122. The fourth-order valence-electron chi connectivity index (χ4n) is 2.01. The summed E-state index contributed by atoms with van der Waals surface area (Å²) in [5, 5.41) is 49.0. The number of carbonyl (C=O) groups is 6. The molecule has 0 aliphatic heterocycles. The van der Waals surface area contributed by atoms with E-state index in [0.717, 1.165) is 5.69 Å². The van der Waals surface area contributed by atoms with Gasteiger partial charge in [0.25, 0.3) is 0 Å². The Hall–Kier alpha value is -4.13. The van der Waals surface area contributed by atoms with Crippen molar-refractivity contribution in [1.29, 1.82) is 0 Å². The van der Waals surface area contributed by atoms with Gasteiger partial charge in [-0.15, -0.1) is 0 Å². The number of H-pyrrole nitrogens is 1. The van der Waals surface area contributed by atoms with E-state index in [1.807, 2.05) is 13.8 Å². The average molecular weight is 567 g/mol. The summed E-state index contributed by atoms with van der Waals surface area (Å²) in [6, 6.07) is -3.89. The van der Waals surface area contributed by atoms with Crippen molar-refractivity contribution < 1.29 is 59.4 Å². The molecule has 0 unspecified atom stereocenters. The Bertz CT molecular complexity index is 894. The summed E-state index contributed by atoms with van der Waals surface area (Å²) < 4.78 is 0. The molecule has 1 aromatic heterocycles. The second-order valence-corrected chi connectivity index (χ2v) is 8.22. The lowest BCUT2D eigenvalue weighted by Crippen LogP contribution is -2.32. The van der Waals surface area contributed by atoms with E-state index < -0.39 is 66.4 Å². The number of carboxylic acid groups (broad SMARTS) is 6. The standard InChI is InChI=1S/C6H9N3O2.C6H13NO2.C5H9NO4.C4H7NO4/c7-5(6(10)11)1-4-2-8-3-9-4;1-4(2)3-5(7)6(8)9;6-3(5(9)10)1-2-4(7)8;5-2(4(8)9)1-3(6)7/h2-3,5H,1,7H2,(H,8,9)(H,10,11);4-5H,3,7H2,1-2H3,(H,8,9);3H,1-2,6H2,(H,7,8)(H,9,10);2H,1,5H2,(H,6,7)(H,8,9)/t2*5-;3-;2-/m0000/s1. The van der Waals surface area contributed by atoms with E-state index >= 15 is 0 Å². The van der Waals surface area contributed by atoms with Gasteiger partial charge in [0.1, 0.15) is 24.2 Å². The maximum absolute atomic E-state index is 10.3. The van der Waals surface area contributed by atoms with E-state index in [1.165, 1.54) is 6.33 Å². The Morgan fingerprint density at radius 1 is 0.744 bits per heavy atom. The number of aromatic amines is 1. The molecule has 1 aromatic rings. The number of rotatable bonds is 13. The van der Waals surface area contributed by atoms with Gasteiger partial charge in [0.05, 0.1) is 12.7 Å². The largest absolute Gasteiger partial charge is 0.481 e. The Kier molecular flexibility index (Phi) is 22.1. The molecule has 0 spiro atoms. The molecular formula is C21H38N6O12. The highest BCUT2D eigenvalue weighted by Gasteiger charge is 2.15. The molecule has 224 valence electrons. The van der Waals surface area contributed by atoms with Gasteiger partial charge < -0.3 is 58.6 Å². The summed E-state index contributed by atoms with van der Waals surface area (Å²) in [6.07, 6.45) is 3.13.